The Morgan fingerprint density at radius 1 is 1.06 bits per heavy atom. The number of nitrogens with zero attached hydrogens (tertiary/aromatic N) is 2. The van der Waals surface area contributed by atoms with Crippen LogP contribution in [0.4, 0.5) is 0 Å². The molecule has 164 valence electrons. The van der Waals surface area contributed by atoms with Crippen LogP contribution in [-0.2, 0) is 21.4 Å². The molecule has 2 N–H and O–H groups in total. The minimum atomic E-state index is -3.87. The first-order chi connectivity index (χ1) is 15.3. The van der Waals surface area contributed by atoms with E-state index in [1.807, 2.05) is 36.4 Å². The predicted octanol–water partition coefficient (Wildman–Crippen LogP) is 3.82. The van der Waals surface area contributed by atoms with Crippen LogP contribution >= 0.6 is 11.6 Å². The average molecular weight is 469 g/mol. The first kappa shape index (κ1) is 22.0. The molecule has 1 heterocycles. The zero-order chi connectivity index (χ0) is 22.7. The van der Waals surface area contributed by atoms with Crippen molar-refractivity contribution in [3.05, 3.63) is 83.4 Å². The molecule has 0 saturated carbocycles. The summed E-state index contributed by atoms with van der Waals surface area (Å²) in [4.78, 5) is 20.1. The standard InChI is InChI=1S/C23H21ClN4O3S/c1-28(15-22(29)25-14-17-9-5-6-10-19(17)24)32(30,31)18-11-12-20-21(13-18)27-23(26-20)16-7-3-2-4-8-16/h2-13H,14-15H2,1H3,(H,25,29)(H,26,27). The lowest BCUT2D eigenvalue weighted by Gasteiger charge is -2.17. The van der Waals surface area contributed by atoms with E-state index in [4.69, 9.17) is 11.6 Å². The smallest absolute Gasteiger partial charge is 0.243 e. The number of halogens is 1. The summed E-state index contributed by atoms with van der Waals surface area (Å²) in [5.41, 5.74) is 2.91. The van der Waals surface area contributed by atoms with Crippen molar-refractivity contribution in [2.24, 2.45) is 0 Å². The van der Waals surface area contributed by atoms with Crippen LogP contribution in [-0.4, -0.2) is 42.2 Å². The van der Waals surface area contributed by atoms with Gasteiger partial charge in [0.2, 0.25) is 15.9 Å². The first-order valence-corrected chi connectivity index (χ1v) is 11.7. The maximum Gasteiger partial charge on any atom is 0.243 e. The second-order valence-electron chi connectivity index (χ2n) is 7.26. The van der Waals surface area contributed by atoms with Gasteiger partial charge in [0.25, 0.3) is 0 Å². The number of nitrogens with one attached hydrogen (secondary N) is 2. The maximum atomic E-state index is 13.0. The summed E-state index contributed by atoms with van der Waals surface area (Å²) in [5, 5.41) is 3.24. The van der Waals surface area contributed by atoms with Gasteiger partial charge in [0.15, 0.2) is 0 Å². The van der Waals surface area contributed by atoms with Gasteiger partial charge >= 0.3 is 0 Å². The van der Waals surface area contributed by atoms with Crippen molar-refractivity contribution in [2.45, 2.75) is 11.4 Å². The summed E-state index contributed by atoms with van der Waals surface area (Å²) < 4.78 is 27.0. The fraction of sp³-hybridized carbons (Fsp3) is 0.130. The third-order valence-electron chi connectivity index (χ3n) is 5.01. The largest absolute Gasteiger partial charge is 0.351 e. The van der Waals surface area contributed by atoms with Crippen LogP contribution in [0, 0.1) is 0 Å². The number of carbonyl (C=O) groups excluding carboxylic acids is 1. The van der Waals surface area contributed by atoms with Crippen LogP contribution in [0.3, 0.4) is 0 Å². The van der Waals surface area contributed by atoms with Gasteiger partial charge in [0.1, 0.15) is 5.82 Å². The average Bonchev–Trinajstić information content (AvgIpc) is 3.22. The van der Waals surface area contributed by atoms with E-state index in [-0.39, 0.29) is 18.0 Å². The Morgan fingerprint density at radius 2 is 1.78 bits per heavy atom. The van der Waals surface area contributed by atoms with Crippen LogP contribution < -0.4 is 5.32 Å². The molecule has 0 radical (unpaired) electrons. The zero-order valence-corrected chi connectivity index (χ0v) is 18.8. The molecule has 0 unspecified atom stereocenters. The molecule has 0 saturated heterocycles. The quantitative estimate of drug-likeness (QED) is 0.431. The highest BCUT2D eigenvalue weighted by Crippen LogP contribution is 2.24. The van der Waals surface area contributed by atoms with E-state index in [1.165, 1.54) is 19.2 Å². The van der Waals surface area contributed by atoms with Crippen molar-refractivity contribution in [2.75, 3.05) is 13.6 Å². The van der Waals surface area contributed by atoms with E-state index in [0.29, 0.717) is 21.9 Å². The molecule has 0 bridgehead atoms. The summed E-state index contributed by atoms with van der Waals surface area (Å²) in [6.45, 7) is -0.0994. The van der Waals surface area contributed by atoms with Crippen molar-refractivity contribution in [1.29, 1.82) is 0 Å². The second-order valence-corrected chi connectivity index (χ2v) is 9.71. The highest BCUT2D eigenvalue weighted by atomic mass is 35.5. The molecule has 0 aliphatic rings. The number of hydrogen-bond donors (Lipinski definition) is 2. The number of benzene rings is 3. The highest BCUT2D eigenvalue weighted by Gasteiger charge is 2.24. The number of aromatic amines is 1. The fourth-order valence-electron chi connectivity index (χ4n) is 3.24. The molecule has 9 heteroatoms. The minimum Gasteiger partial charge on any atom is -0.351 e. The lowest BCUT2D eigenvalue weighted by Crippen LogP contribution is -2.38. The van der Waals surface area contributed by atoms with Gasteiger partial charge in [-0.05, 0) is 29.8 Å². The van der Waals surface area contributed by atoms with E-state index in [0.717, 1.165) is 15.4 Å². The van der Waals surface area contributed by atoms with E-state index in [2.05, 4.69) is 15.3 Å². The van der Waals surface area contributed by atoms with Gasteiger partial charge in [-0.2, -0.15) is 4.31 Å². The number of rotatable bonds is 7. The van der Waals surface area contributed by atoms with Crippen LogP contribution in [0.5, 0.6) is 0 Å². The Labute approximate surface area is 191 Å². The zero-order valence-electron chi connectivity index (χ0n) is 17.2. The molecule has 4 rings (SSSR count). The van der Waals surface area contributed by atoms with Gasteiger partial charge in [-0.25, -0.2) is 13.4 Å². The number of sulfonamides is 1. The number of imidazole rings is 1. The van der Waals surface area contributed by atoms with E-state index in [9.17, 15) is 13.2 Å². The lowest BCUT2D eigenvalue weighted by molar-refractivity contribution is -0.121. The topological polar surface area (TPSA) is 95.2 Å². The summed E-state index contributed by atoms with van der Waals surface area (Å²) in [6, 6.07) is 21.4. The highest BCUT2D eigenvalue weighted by molar-refractivity contribution is 7.89. The minimum absolute atomic E-state index is 0.0784. The van der Waals surface area contributed by atoms with Crippen molar-refractivity contribution in [1.82, 2.24) is 19.6 Å². The Balaban J connectivity index is 1.48. The van der Waals surface area contributed by atoms with Gasteiger partial charge in [-0.3, -0.25) is 4.79 Å². The van der Waals surface area contributed by atoms with Gasteiger partial charge in [-0.15, -0.1) is 0 Å². The number of aromatic nitrogens is 2. The number of carbonyl (C=O) groups is 1. The summed E-state index contributed by atoms with van der Waals surface area (Å²) in [7, 11) is -2.50. The summed E-state index contributed by atoms with van der Waals surface area (Å²) in [5.74, 6) is 0.229. The Morgan fingerprint density at radius 3 is 2.53 bits per heavy atom. The molecule has 32 heavy (non-hydrogen) atoms. The third kappa shape index (κ3) is 4.67. The molecule has 1 amide bonds. The lowest BCUT2D eigenvalue weighted by atomic mass is 10.2. The first-order valence-electron chi connectivity index (χ1n) is 9.86. The Kier molecular flexibility index (Phi) is 6.27. The predicted molar refractivity (Wildman–Crippen MR) is 125 cm³/mol. The molecule has 0 aliphatic heterocycles. The Bertz CT molecular complexity index is 1370. The molecule has 0 aliphatic carbocycles. The van der Waals surface area contributed by atoms with Gasteiger partial charge in [-0.1, -0.05) is 60.1 Å². The fourth-order valence-corrected chi connectivity index (χ4v) is 4.60. The molecule has 3 aromatic carbocycles. The van der Waals surface area contributed by atoms with E-state index in [1.54, 1.807) is 24.3 Å². The summed E-state index contributed by atoms with van der Waals surface area (Å²) in [6.07, 6.45) is 0. The monoisotopic (exact) mass is 468 g/mol. The molecule has 0 spiro atoms. The number of fused-ring (bicyclic) bond motifs is 1. The number of likely N-dealkylation sites (N-methyl/N-ethyl adjacent to an activating group) is 1. The van der Waals surface area contributed by atoms with Crippen molar-refractivity contribution < 1.29 is 13.2 Å². The van der Waals surface area contributed by atoms with Crippen LogP contribution in [0.15, 0.2) is 77.7 Å². The molecular formula is C23H21ClN4O3S. The van der Waals surface area contributed by atoms with E-state index < -0.39 is 15.9 Å². The van der Waals surface area contributed by atoms with Gasteiger partial charge in [0, 0.05) is 24.2 Å². The van der Waals surface area contributed by atoms with Crippen LogP contribution in [0.25, 0.3) is 22.4 Å². The summed E-state index contributed by atoms with van der Waals surface area (Å²) >= 11 is 6.09. The normalized spacial score (nSPS) is 11.7. The number of hydrogen-bond acceptors (Lipinski definition) is 4. The third-order valence-corrected chi connectivity index (χ3v) is 7.18. The van der Waals surface area contributed by atoms with Crippen LogP contribution in [0.2, 0.25) is 5.02 Å². The maximum absolute atomic E-state index is 13.0. The molecule has 1 aromatic heterocycles. The molecular weight excluding hydrogens is 448 g/mol. The SMILES string of the molecule is CN(CC(=O)NCc1ccccc1Cl)S(=O)(=O)c1ccc2nc(-c3ccccc3)[nH]c2c1. The number of H-pyrrole nitrogens is 1. The van der Waals surface area contributed by atoms with Crippen molar-refractivity contribution in [3.63, 3.8) is 0 Å². The molecule has 7 nitrogen and oxygen atoms in total. The van der Waals surface area contributed by atoms with Crippen LogP contribution in [0.1, 0.15) is 5.56 Å². The van der Waals surface area contributed by atoms with Crippen molar-refractivity contribution >= 4 is 38.6 Å². The Hall–Kier alpha value is -3.20. The number of amides is 1. The molecule has 0 atom stereocenters. The van der Waals surface area contributed by atoms with Crippen molar-refractivity contribution in [3.8, 4) is 11.4 Å². The second kappa shape index (κ2) is 9.12. The molecule has 4 aromatic rings. The van der Waals surface area contributed by atoms with E-state index >= 15 is 0 Å². The van der Waals surface area contributed by atoms with Gasteiger partial charge in [0.05, 0.1) is 22.5 Å². The molecule has 0 fully saturated rings. The van der Waals surface area contributed by atoms with Gasteiger partial charge < -0.3 is 10.3 Å².